The van der Waals surface area contributed by atoms with Gasteiger partial charge >= 0.3 is 19.4 Å². The van der Waals surface area contributed by atoms with Crippen LogP contribution in [-0.2, 0) is 29.1 Å². The maximum atomic E-state index is 15.6. The summed E-state index contributed by atoms with van der Waals surface area (Å²) >= 11 is 0. The molecule has 6 atom stereocenters. The van der Waals surface area contributed by atoms with Gasteiger partial charge < -0.3 is 20.1 Å². The van der Waals surface area contributed by atoms with E-state index in [1.165, 1.54) is 35.7 Å². The molecule has 0 radical (unpaired) electrons. The molecule has 38 heavy (non-hydrogen) atoms. The maximum absolute atomic E-state index is 15.6. The van der Waals surface area contributed by atoms with E-state index in [2.05, 4.69) is 20.0 Å². The molecule has 1 aliphatic heterocycles. The summed E-state index contributed by atoms with van der Waals surface area (Å²) in [6.07, 6.45) is -4.23. The van der Waals surface area contributed by atoms with Crippen LogP contribution in [0.3, 0.4) is 0 Å². The topological polar surface area (TPSA) is 164 Å². The number of benzene rings is 1. The summed E-state index contributed by atoms with van der Waals surface area (Å²) in [6.45, 7) is 8.09. The Balaban J connectivity index is 1.58. The number of hydrogen-bond acceptors (Lipinski definition) is 10. The fourth-order valence-electron chi connectivity index (χ4n) is 3.95. The Kier molecular flexibility index (Phi) is 7.96. The number of nitrogen functional groups attached to an aromatic ring is 1. The van der Waals surface area contributed by atoms with Crippen molar-refractivity contribution in [2.24, 2.45) is 0 Å². The van der Waals surface area contributed by atoms with E-state index in [0.717, 1.165) is 6.33 Å². The lowest BCUT2D eigenvalue weighted by molar-refractivity contribution is -0.144. The zero-order chi connectivity index (χ0) is 27.5. The minimum atomic E-state index is -4.30. The Hall–Kier alpha value is -3.60. The zero-order valence-electron chi connectivity index (χ0n) is 20.5. The Bertz CT molecular complexity index is 1390. The van der Waals surface area contributed by atoms with E-state index in [0.29, 0.717) is 5.52 Å². The summed E-state index contributed by atoms with van der Waals surface area (Å²) in [5, 5.41) is 17.2. The number of carbonyl (C=O) groups is 1. The number of esters is 1. The fraction of sp³-hybridized carbons (Fsp3) is 0.391. The number of nitrogens with two attached hydrogens (primary N) is 1. The number of hydrogen-bond donors (Lipinski definition) is 3. The van der Waals surface area contributed by atoms with Crippen molar-refractivity contribution in [1.29, 1.82) is 0 Å². The van der Waals surface area contributed by atoms with Crippen molar-refractivity contribution < 1.29 is 37.4 Å². The van der Waals surface area contributed by atoms with Crippen LogP contribution in [0.25, 0.3) is 10.4 Å². The molecule has 2 aromatic heterocycles. The van der Waals surface area contributed by atoms with Crippen molar-refractivity contribution in [3.8, 4) is 12.3 Å². The standard InChI is InChI=1S/C23H27FN6O7P/c1-4-34-22(32)14(2)29-38(33,37-15-8-6-5-7-9-15)35-12-17-19(31)20(24)23(26-3,36-17)18-11-10-16-21(25)27-13-28-30(16)18/h3,5-11,13-14,17,19-20,31H,4,12H2,1-2H3,(H,29,33)(H2,25,27,28)/q+1/t14-,17+,19+,20+,23-,38?/m0/s1. The average Bonchev–Trinajstić information content (AvgIpc) is 3.44. The molecule has 1 saturated heterocycles. The first-order valence-corrected chi connectivity index (χ1v) is 13.1. The summed E-state index contributed by atoms with van der Waals surface area (Å²) in [7, 11) is -4.30. The number of nitrogens with zero attached hydrogens (tertiary/aromatic N) is 4. The first-order valence-electron chi connectivity index (χ1n) is 11.6. The van der Waals surface area contributed by atoms with Gasteiger partial charge in [-0.1, -0.05) is 18.2 Å². The molecule has 13 nitrogen and oxygen atoms in total. The number of fused-ring (bicyclic) bond motifs is 1. The molecular weight excluding hydrogens is 522 g/mol. The van der Waals surface area contributed by atoms with Gasteiger partial charge in [0, 0.05) is 0 Å². The summed E-state index contributed by atoms with van der Waals surface area (Å²) in [5.41, 5.74) is 4.04. The second-order valence-electron chi connectivity index (χ2n) is 8.34. The predicted octanol–water partition coefficient (Wildman–Crippen LogP) is 2.27. The molecule has 4 rings (SSSR count). The van der Waals surface area contributed by atoms with Gasteiger partial charge in [0.2, 0.25) is 6.17 Å². The van der Waals surface area contributed by atoms with E-state index < -0.39 is 50.5 Å². The van der Waals surface area contributed by atoms with Gasteiger partial charge in [0.1, 0.15) is 35.8 Å². The number of rotatable bonds is 10. The smallest absolute Gasteiger partial charge is 0.461 e. The Labute approximate surface area is 217 Å². The second kappa shape index (κ2) is 11.0. The van der Waals surface area contributed by atoms with Gasteiger partial charge in [0.05, 0.1) is 13.2 Å². The molecule has 15 heteroatoms. The number of aliphatic hydroxyl groups is 1. The number of alkyl halides is 1. The summed E-state index contributed by atoms with van der Waals surface area (Å²) in [4.78, 5) is 19.6. The second-order valence-corrected chi connectivity index (χ2v) is 10.0. The Morgan fingerprint density at radius 1 is 1.39 bits per heavy atom. The van der Waals surface area contributed by atoms with Gasteiger partial charge in [-0.15, -0.1) is 0 Å². The number of aliphatic hydroxyl groups excluding tert-OH is 1. The molecule has 0 bridgehead atoms. The summed E-state index contributed by atoms with van der Waals surface area (Å²) < 4.78 is 52.3. The number of anilines is 1. The largest absolute Gasteiger partial charge is 0.465 e. The van der Waals surface area contributed by atoms with Crippen molar-refractivity contribution in [2.75, 3.05) is 18.9 Å². The van der Waals surface area contributed by atoms with E-state index in [1.54, 1.807) is 25.1 Å². The maximum Gasteiger partial charge on any atom is 0.461 e. The molecule has 202 valence electrons. The van der Waals surface area contributed by atoms with E-state index in [9.17, 15) is 14.5 Å². The third-order valence-electron chi connectivity index (χ3n) is 5.80. The molecule has 0 spiro atoms. The molecule has 0 amide bonds. The molecular formula is C23H27FN6O7P+. The number of nitrogens with one attached hydrogen (secondary N) is 1. The van der Waals surface area contributed by atoms with Crippen LogP contribution in [0.1, 0.15) is 19.5 Å². The highest BCUT2D eigenvalue weighted by atomic mass is 31.2. The number of ether oxygens (including phenoxy) is 2. The normalized spacial score (nSPS) is 25.4. The number of para-hydroxylation sites is 1. The van der Waals surface area contributed by atoms with E-state index in [4.69, 9.17) is 30.8 Å². The van der Waals surface area contributed by atoms with Crippen molar-refractivity contribution in [3.63, 3.8) is 0 Å². The molecule has 1 aromatic carbocycles. The minimum Gasteiger partial charge on any atom is -0.465 e. The van der Waals surface area contributed by atoms with Crippen molar-refractivity contribution in [2.45, 2.75) is 44.0 Å². The van der Waals surface area contributed by atoms with Crippen LogP contribution in [0.2, 0.25) is 0 Å². The fourth-order valence-corrected chi connectivity index (χ4v) is 5.45. The van der Waals surface area contributed by atoms with Crippen molar-refractivity contribution in [3.05, 3.63) is 59.3 Å². The number of carbonyl (C=O) groups excluding carboxylic acids is 1. The third-order valence-corrected chi connectivity index (χ3v) is 7.44. The highest BCUT2D eigenvalue weighted by Crippen LogP contribution is 2.48. The molecule has 0 aliphatic carbocycles. The van der Waals surface area contributed by atoms with Crippen molar-refractivity contribution >= 4 is 25.1 Å². The average molecular weight is 549 g/mol. The molecule has 0 saturated carbocycles. The lowest BCUT2D eigenvalue weighted by Gasteiger charge is -2.24. The quantitative estimate of drug-likeness (QED) is 0.251. The van der Waals surface area contributed by atoms with Gasteiger partial charge in [0.15, 0.2) is 11.5 Å². The highest BCUT2D eigenvalue weighted by molar-refractivity contribution is 7.52. The van der Waals surface area contributed by atoms with Gasteiger partial charge in [0.25, 0.3) is 6.57 Å². The van der Waals surface area contributed by atoms with Crippen molar-refractivity contribution in [1.82, 2.24) is 19.7 Å². The lowest BCUT2D eigenvalue weighted by atomic mass is 10.0. The van der Waals surface area contributed by atoms with E-state index in [-0.39, 0.29) is 23.9 Å². The van der Waals surface area contributed by atoms with Crippen LogP contribution in [-0.4, -0.2) is 63.3 Å². The first kappa shape index (κ1) is 27.4. The Morgan fingerprint density at radius 3 is 2.82 bits per heavy atom. The zero-order valence-corrected chi connectivity index (χ0v) is 21.4. The molecule has 1 fully saturated rings. The first-order chi connectivity index (χ1) is 18.1. The number of aromatic nitrogens is 3. The predicted molar refractivity (Wildman–Crippen MR) is 133 cm³/mol. The lowest BCUT2D eigenvalue weighted by Crippen LogP contribution is -2.37. The van der Waals surface area contributed by atoms with E-state index >= 15 is 4.39 Å². The van der Waals surface area contributed by atoms with Crippen LogP contribution < -0.4 is 15.3 Å². The van der Waals surface area contributed by atoms with Crippen LogP contribution in [0, 0.1) is 6.57 Å². The van der Waals surface area contributed by atoms with Gasteiger partial charge in [-0.05, 0) is 43.0 Å². The van der Waals surface area contributed by atoms with Crippen LogP contribution in [0.4, 0.5) is 10.2 Å². The van der Waals surface area contributed by atoms with Crippen LogP contribution >= 0.6 is 7.75 Å². The molecule has 1 aliphatic rings. The Morgan fingerprint density at radius 2 is 2.13 bits per heavy atom. The monoisotopic (exact) mass is 549 g/mol. The molecule has 3 aromatic rings. The summed E-state index contributed by atoms with van der Waals surface area (Å²) in [6, 6.07) is 9.91. The van der Waals surface area contributed by atoms with Gasteiger partial charge in [-0.3, -0.25) is 14.1 Å². The van der Waals surface area contributed by atoms with Crippen LogP contribution in [0.5, 0.6) is 5.75 Å². The van der Waals surface area contributed by atoms with Gasteiger partial charge in [-0.2, -0.15) is 10.2 Å². The van der Waals surface area contributed by atoms with Crippen LogP contribution in [0.15, 0.2) is 48.8 Å². The number of halogens is 1. The SMILES string of the molecule is C#[N+][C@@]1(c2ccc3c(N)ncnn23)O[C@H](COP(=O)(N[C@@H](C)C(=O)OCC)Oc2ccccc2)[C@@H](O)[C@H]1F. The third kappa shape index (κ3) is 5.20. The van der Waals surface area contributed by atoms with E-state index in [1.807, 2.05) is 0 Å². The minimum absolute atomic E-state index is 0.0379. The molecule has 4 N–H and O–H groups in total. The van der Waals surface area contributed by atoms with Gasteiger partial charge in [-0.25, -0.2) is 18.5 Å². The molecule has 3 heterocycles. The highest BCUT2D eigenvalue weighted by Gasteiger charge is 2.67. The molecule has 1 unspecified atom stereocenters. The summed E-state index contributed by atoms with van der Waals surface area (Å²) in [5.74, 6) is -0.414.